The zero-order chi connectivity index (χ0) is 20.7. The molecule has 0 fully saturated rings. The van der Waals surface area contributed by atoms with E-state index in [0.717, 1.165) is 11.3 Å². The summed E-state index contributed by atoms with van der Waals surface area (Å²) in [5.41, 5.74) is 13.7. The smallest absolute Gasteiger partial charge is 0.270 e. The van der Waals surface area contributed by atoms with Crippen LogP contribution in [-0.4, -0.2) is 20.9 Å². The third kappa shape index (κ3) is 3.13. The number of nitrogens with two attached hydrogens (primary N) is 2. The molecule has 9 heteroatoms. The summed E-state index contributed by atoms with van der Waals surface area (Å²) in [6.07, 6.45) is 0. The molecule has 0 aliphatic heterocycles. The molecule has 0 bridgehead atoms. The van der Waals surface area contributed by atoms with Crippen molar-refractivity contribution in [2.45, 2.75) is 0 Å². The van der Waals surface area contributed by atoms with Gasteiger partial charge in [-0.1, -0.05) is 24.3 Å². The third-order valence-electron chi connectivity index (χ3n) is 4.47. The van der Waals surface area contributed by atoms with Crippen LogP contribution in [0.1, 0.15) is 9.67 Å². The van der Waals surface area contributed by atoms with Crippen molar-refractivity contribution in [1.29, 1.82) is 0 Å². The van der Waals surface area contributed by atoms with Crippen molar-refractivity contribution in [3.05, 3.63) is 69.6 Å². The number of aromatic hydroxyl groups is 1. The Morgan fingerprint density at radius 2 is 1.86 bits per heavy atom. The molecule has 5 N–H and O–H groups in total. The monoisotopic (exact) mass is 406 g/mol. The summed E-state index contributed by atoms with van der Waals surface area (Å²) in [5, 5.41) is 21.9. The van der Waals surface area contributed by atoms with Gasteiger partial charge in [-0.3, -0.25) is 14.9 Å². The van der Waals surface area contributed by atoms with Gasteiger partial charge in [-0.2, -0.15) is 0 Å². The highest BCUT2D eigenvalue weighted by Gasteiger charge is 2.21. The summed E-state index contributed by atoms with van der Waals surface area (Å²) >= 11 is 1.04. The number of fused-ring (bicyclic) bond motifs is 1. The number of hydrogen-bond donors (Lipinski definition) is 3. The number of nitro groups is 1. The number of pyridine rings is 1. The number of benzene rings is 2. The number of rotatable bonds is 4. The Hall–Kier alpha value is -3.98. The van der Waals surface area contributed by atoms with Crippen LogP contribution in [0.25, 0.3) is 32.6 Å². The average Bonchev–Trinajstić information content (AvgIpc) is 3.04. The maximum atomic E-state index is 11.8. The Balaban J connectivity index is 2.08. The van der Waals surface area contributed by atoms with Gasteiger partial charge in [0.05, 0.1) is 16.3 Å². The van der Waals surface area contributed by atoms with Crippen LogP contribution in [-0.2, 0) is 0 Å². The average molecular weight is 406 g/mol. The second kappa shape index (κ2) is 6.88. The number of phenols is 1. The number of non-ortho nitro benzene ring substituents is 1. The molecule has 2 aromatic carbocycles. The Morgan fingerprint density at radius 1 is 1.10 bits per heavy atom. The van der Waals surface area contributed by atoms with E-state index in [-0.39, 0.29) is 22.0 Å². The molecule has 0 saturated heterocycles. The molecule has 0 atom stereocenters. The zero-order valence-corrected chi connectivity index (χ0v) is 15.6. The molecule has 0 saturated carbocycles. The lowest BCUT2D eigenvalue weighted by Gasteiger charge is -2.10. The first-order chi connectivity index (χ1) is 13.9. The minimum Gasteiger partial charge on any atom is -0.507 e. The number of nitrogens with zero attached hydrogens (tertiary/aromatic N) is 2. The van der Waals surface area contributed by atoms with E-state index in [1.54, 1.807) is 36.4 Å². The summed E-state index contributed by atoms with van der Waals surface area (Å²) in [4.78, 5) is 27.7. The standard InChI is InChI=1S/C20H14N4O4S/c21-17-16-13(10-4-3-5-11(8-10)24(27)28)9-14(12-6-1-2-7-15(12)25)23-20(16)29-18(17)19(22)26/h1-9,25H,21H2,(H2,22,26). The maximum absolute atomic E-state index is 11.8. The molecule has 0 aliphatic carbocycles. The molecule has 0 unspecified atom stereocenters. The van der Waals surface area contributed by atoms with Crippen LogP contribution in [0.5, 0.6) is 5.75 Å². The molecule has 4 rings (SSSR count). The Kier molecular flexibility index (Phi) is 4.36. The van der Waals surface area contributed by atoms with Crippen LogP contribution >= 0.6 is 11.3 Å². The largest absolute Gasteiger partial charge is 0.507 e. The van der Waals surface area contributed by atoms with Gasteiger partial charge in [-0.15, -0.1) is 11.3 Å². The second-order valence-electron chi connectivity index (χ2n) is 6.27. The number of hydrogen-bond acceptors (Lipinski definition) is 7. The number of aromatic nitrogens is 1. The first kappa shape index (κ1) is 18.4. The maximum Gasteiger partial charge on any atom is 0.270 e. The number of primary amides is 1. The summed E-state index contributed by atoms with van der Waals surface area (Å²) < 4.78 is 0. The molecular formula is C20H14N4O4S. The van der Waals surface area contributed by atoms with Crippen molar-refractivity contribution in [2.75, 3.05) is 5.73 Å². The van der Waals surface area contributed by atoms with E-state index in [2.05, 4.69) is 4.98 Å². The number of anilines is 1. The highest BCUT2D eigenvalue weighted by atomic mass is 32.1. The van der Waals surface area contributed by atoms with E-state index >= 15 is 0 Å². The van der Waals surface area contributed by atoms with Gasteiger partial charge in [0.1, 0.15) is 15.5 Å². The van der Waals surface area contributed by atoms with Crippen LogP contribution in [0.4, 0.5) is 11.4 Å². The van der Waals surface area contributed by atoms with Crippen molar-refractivity contribution in [3.63, 3.8) is 0 Å². The number of para-hydroxylation sites is 1. The summed E-state index contributed by atoms with van der Waals surface area (Å²) in [6.45, 7) is 0. The SMILES string of the molecule is NC(=O)c1sc2nc(-c3ccccc3O)cc(-c3cccc([N+](=O)[O-])c3)c2c1N. The fourth-order valence-electron chi connectivity index (χ4n) is 3.15. The number of nitro benzene ring substituents is 1. The molecule has 0 radical (unpaired) electrons. The van der Waals surface area contributed by atoms with E-state index in [9.17, 15) is 20.0 Å². The summed E-state index contributed by atoms with van der Waals surface area (Å²) in [7, 11) is 0. The third-order valence-corrected chi connectivity index (χ3v) is 5.58. The van der Waals surface area contributed by atoms with Gasteiger partial charge in [-0.05, 0) is 29.3 Å². The lowest BCUT2D eigenvalue weighted by molar-refractivity contribution is -0.384. The molecule has 1 amide bonds. The summed E-state index contributed by atoms with van der Waals surface area (Å²) in [5.74, 6) is -0.649. The van der Waals surface area contributed by atoms with Crippen molar-refractivity contribution >= 4 is 38.8 Å². The fourth-order valence-corrected chi connectivity index (χ4v) is 4.12. The van der Waals surface area contributed by atoms with E-state index in [1.807, 2.05) is 0 Å². The molecule has 4 aromatic rings. The normalized spacial score (nSPS) is 10.9. The number of carbonyl (C=O) groups excluding carboxylic acids is 1. The summed E-state index contributed by atoms with van der Waals surface area (Å²) in [6, 6.07) is 14.4. The van der Waals surface area contributed by atoms with Gasteiger partial charge in [0.25, 0.3) is 11.6 Å². The minimum absolute atomic E-state index is 0.0315. The molecule has 8 nitrogen and oxygen atoms in total. The van der Waals surface area contributed by atoms with Gasteiger partial charge in [0.2, 0.25) is 0 Å². The second-order valence-corrected chi connectivity index (χ2v) is 7.27. The number of thiophene rings is 1. The van der Waals surface area contributed by atoms with Gasteiger partial charge in [-0.25, -0.2) is 4.98 Å². The first-order valence-corrected chi connectivity index (χ1v) is 9.24. The number of nitrogen functional groups attached to an aromatic ring is 1. The number of carbonyl (C=O) groups is 1. The number of amides is 1. The van der Waals surface area contributed by atoms with Crippen molar-refractivity contribution in [2.24, 2.45) is 5.73 Å². The van der Waals surface area contributed by atoms with Crippen LogP contribution in [0, 0.1) is 10.1 Å². The molecule has 144 valence electrons. The van der Waals surface area contributed by atoms with Crippen LogP contribution in [0.15, 0.2) is 54.6 Å². The topological polar surface area (TPSA) is 145 Å². The van der Waals surface area contributed by atoms with Crippen LogP contribution < -0.4 is 11.5 Å². The molecule has 29 heavy (non-hydrogen) atoms. The van der Waals surface area contributed by atoms with Gasteiger partial charge in [0.15, 0.2) is 0 Å². The highest BCUT2D eigenvalue weighted by molar-refractivity contribution is 7.21. The van der Waals surface area contributed by atoms with Crippen molar-refractivity contribution < 1.29 is 14.8 Å². The number of phenolic OH excluding ortho intramolecular Hbond substituents is 1. The van der Waals surface area contributed by atoms with Gasteiger partial charge >= 0.3 is 0 Å². The van der Waals surface area contributed by atoms with E-state index < -0.39 is 10.8 Å². The lowest BCUT2D eigenvalue weighted by atomic mass is 9.99. The predicted molar refractivity (Wildman–Crippen MR) is 112 cm³/mol. The van der Waals surface area contributed by atoms with E-state index in [0.29, 0.717) is 32.6 Å². The van der Waals surface area contributed by atoms with Crippen LogP contribution in [0.2, 0.25) is 0 Å². The van der Waals surface area contributed by atoms with E-state index in [4.69, 9.17) is 11.5 Å². The lowest BCUT2D eigenvalue weighted by Crippen LogP contribution is -2.10. The molecule has 0 spiro atoms. The molecular weight excluding hydrogens is 392 g/mol. The van der Waals surface area contributed by atoms with Gasteiger partial charge in [0, 0.05) is 23.1 Å². The van der Waals surface area contributed by atoms with Crippen molar-refractivity contribution in [1.82, 2.24) is 4.98 Å². The molecule has 0 aliphatic rings. The van der Waals surface area contributed by atoms with Gasteiger partial charge < -0.3 is 16.6 Å². The van der Waals surface area contributed by atoms with Crippen molar-refractivity contribution in [3.8, 4) is 28.1 Å². The Morgan fingerprint density at radius 3 is 2.55 bits per heavy atom. The molecule has 2 aromatic heterocycles. The minimum atomic E-state index is -0.681. The van der Waals surface area contributed by atoms with E-state index in [1.165, 1.54) is 18.2 Å². The first-order valence-electron chi connectivity index (χ1n) is 8.43. The Labute approximate surface area is 168 Å². The fraction of sp³-hybridized carbons (Fsp3) is 0. The Bertz CT molecular complexity index is 1300. The predicted octanol–water partition coefficient (Wildman–Crippen LogP) is 3.93. The molecule has 2 heterocycles. The highest BCUT2D eigenvalue weighted by Crippen LogP contribution is 2.42. The van der Waals surface area contributed by atoms with Crippen LogP contribution in [0.3, 0.4) is 0 Å². The quantitative estimate of drug-likeness (QED) is 0.346. The zero-order valence-electron chi connectivity index (χ0n) is 14.8.